The van der Waals surface area contributed by atoms with Crippen LogP contribution in [0.2, 0.25) is 0 Å². The molecule has 4 atom stereocenters. The molecule has 127 heavy (non-hydrogen) atoms. The number of nitrogens with zero attached hydrogens (tertiary/aromatic N) is 6. The number of benzene rings is 1. The van der Waals surface area contributed by atoms with Crippen LogP contribution in [0.3, 0.4) is 0 Å². The van der Waals surface area contributed by atoms with Crippen molar-refractivity contribution in [3.05, 3.63) is 237 Å². The predicted octanol–water partition coefficient (Wildman–Crippen LogP) is 27.3. The van der Waals surface area contributed by atoms with Crippen LogP contribution in [0, 0.1) is 71.0 Å². The Kier molecular flexibility index (Phi) is 31.2. The van der Waals surface area contributed by atoms with Crippen molar-refractivity contribution >= 4 is 149 Å². The fourth-order valence-corrected chi connectivity index (χ4v) is 22.4. The van der Waals surface area contributed by atoms with Crippen molar-refractivity contribution in [3.63, 3.8) is 0 Å². The predicted molar refractivity (Wildman–Crippen MR) is 534 cm³/mol. The van der Waals surface area contributed by atoms with Crippen molar-refractivity contribution in [2.45, 2.75) is 236 Å². The molecule has 8 bridgehead atoms. The van der Waals surface area contributed by atoms with E-state index >= 15 is 19.2 Å². The summed E-state index contributed by atoms with van der Waals surface area (Å²) in [6.07, 6.45) is 35.8. The van der Waals surface area contributed by atoms with E-state index in [1.165, 1.54) is 72.3 Å². The first-order valence-corrected chi connectivity index (χ1v) is 51.4. The molecule has 14 heterocycles. The number of fused-ring (bicyclic) bond motifs is 10. The van der Waals surface area contributed by atoms with Crippen LogP contribution in [0.25, 0.3) is 69.2 Å². The fraction of sp³-hybridized carbons (Fsp3) is 0.400. The molecule has 1 aromatic carbocycles. The first kappa shape index (κ1) is 91.2. The van der Waals surface area contributed by atoms with Crippen molar-refractivity contribution in [3.8, 4) is 47.4 Å². The average molecular weight is 1780 g/mol. The van der Waals surface area contributed by atoms with Gasteiger partial charge in [-0.15, -0.1) is 56.7 Å². The lowest BCUT2D eigenvalue weighted by molar-refractivity contribution is -0.124. The molecule has 0 spiro atoms. The van der Waals surface area contributed by atoms with Crippen molar-refractivity contribution in [1.29, 1.82) is 0 Å². The van der Waals surface area contributed by atoms with Crippen LogP contribution < -0.4 is 0 Å². The smallest absolute Gasteiger partial charge is 0.261 e. The summed E-state index contributed by atoms with van der Waals surface area (Å²) in [6.45, 7) is 24.4. The molecule has 0 fully saturated rings. The van der Waals surface area contributed by atoms with Gasteiger partial charge in [-0.1, -0.05) is 256 Å². The number of rotatable bonds is 38. The second-order valence-corrected chi connectivity index (χ2v) is 39.6. The number of nitrogens with one attached hydrogen (secondary N) is 2. The molecule has 15 rings (SSSR count). The van der Waals surface area contributed by atoms with Gasteiger partial charge in [0.25, 0.3) is 23.6 Å². The molecule has 12 nitrogen and oxygen atoms in total. The number of thiophene rings is 5. The lowest BCUT2D eigenvalue weighted by atomic mass is 9.98. The zero-order valence-corrected chi connectivity index (χ0v) is 79.8. The molecule has 6 aliphatic rings. The maximum absolute atomic E-state index is 15.6. The lowest BCUT2D eigenvalue weighted by Crippen LogP contribution is -2.34. The zero-order valence-electron chi connectivity index (χ0n) is 75.7. The van der Waals surface area contributed by atoms with Gasteiger partial charge in [-0.3, -0.25) is 19.2 Å². The maximum atomic E-state index is 15.6. The van der Waals surface area contributed by atoms with Gasteiger partial charge in [0.2, 0.25) is 0 Å². The topological polar surface area (TPSA) is 139 Å². The van der Waals surface area contributed by atoms with E-state index in [4.69, 9.17) is 9.97 Å². The van der Waals surface area contributed by atoms with Gasteiger partial charge in [-0.2, -0.15) is 0 Å². The van der Waals surface area contributed by atoms with E-state index in [0.29, 0.717) is 105 Å². The van der Waals surface area contributed by atoms with Crippen molar-refractivity contribution in [2.24, 2.45) is 23.7 Å². The molecule has 4 amide bonds. The van der Waals surface area contributed by atoms with E-state index in [9.17, 15) is 0 Å². The standard InChI is InChI=1S/C110H120N8O4S5/c1-11-21-27-29-37-77-41-43-78(44-42-77)45-51-83-87-55-57-89(111-87)84(52-46-80-49-63-97(126-80)105-101-99(107(119)117(105)70-75(19-9)35-25-15-5)103(95-39-31-65-123-95)115(109(101)121)68-73(17-7)33-23-13-3)91-59-61-93(113-91)86(54-48-82-67-79(72-125-82)38-30-28-22-12-2)94-62-60-92(114-94)85(90-58-56-88(83)112-90)53-47-81-50-64-98(127-81)106-102-100(108(120)118(106)71-76(20-10)36-26-16-6)104(96-40-32-66-124-96)116(110(102)122)69-74(18-8)34-24-14-4/h31-32,39-44,49-50,55-67,72-76,111,114H,11-30,33-38,68-71H2,1-10H3. The highest BCUT2D eigenvalue weighted by Crippen LogP contribution is 2.52. The molecule has 8 aromatic heterocycles. The van der Waals surface area contributed by atoms with Gasteiger partial charge < -0.3 is 29.6 Å². The van der Waals surface area contributed by atoms with Gasteiger partial charge in [0.05, 0.1) is 146 Å². The van der Waals surface area contributed by atoms with E-state index in [2.05, 4.69) is 211 Å². The Labute approximate surface area is 773 Å². The molecule has 654 valence electrons. The van der Waals surface area contributed by atoms with Crippen molar-refractivity contribution in [1.82, 2.24) is 39.5 Å². The summed E-state index contributed by atoms with van der Waals surface area (Å²) in [7, 11) is 0. The normalized spacial score (nSPS) is 15.1. The summed E-state index contributed by atoms with van der Waals surface area (Å²) < 4.78 is 0. The van der Waals surface area contributed by atoms with Crippen LogP contribution in [-0.4, -0.2) is 89.3 Å². The number of hydrogen-bond donors (Lipinski definition) is 2. The number of aromatic amines is 2. The van der Waals surface area contributed by atoms with Crippen LogP contribution in [0.5, 0.6) is 0 Å². The minimum atomic E-state index is -0.104. The van der Waals surface area contributed by atoms with E-state index < -0.39 is 0 Å². The van der Waals surface area contributed by atoms with Crippen LogP contribution in [0.4, 0.5) is 0 Å². The molecule has 9 aromatic rings. The van der Waals surface area contributed by atoms with E-state index in [1.54, 1.807) is 34.0 Å². The number of carbonyl (C=O) groups is 4. The monoisotopic (exact) mass is 1780 g/mol. The van der Waals surface area contributed by atoms with Crippen molar-refractivity contribution < 1.29 is 19.2 Å². The molecule has 17 heteroatoms. The summed E-state index contributed by atoms with van der Waals surface area (Å²) in [5.74, 6) is 29.8. The number of aryl methyl sites for hydroxylation is 2. The van der Waals surface area contributed by atoms with Crippen LogP contribution in [0.1, 0.15) is 319 Å². The highest BCUT2D eigenvalue weighted by Gasteiger charge is 2.52. The number of H-pyrrole nitrogens is 2. The van der Waals surface area contributed by atoms with Crippen LogP contribution in [0.15, 0.2) is 142 Å². The summed E-state index contributed by atoms with van der Waals surface area (Å²) in [5.41, 5.74) is 16.5. The van der Waals surface area contributed by atoms with Gasteiger partial charge in [0.15, 0.2) is 0 Å². The Morgan fingerprint density at radius 2 is 0.669 bits per heavy atom. The van der Waals surface area contributed by atoms with Gasteiger partial charge in [0.1, 0.15) is 0 Å². The first-order valence-electron chi connectivity index (χ1n) is 47.1. The third-order valence-electron chi connectivity index (χ3n) is 25.8. The summed E-state index contributed by atoms with van der Waals surface area (Å²) >= 11 is 7.85. The number of unbranched alkanes of at least 4 members (excludes halogenated alkanes) is 10. The van der Waals surface area contributed by atoms with Crippen LogP contribution >= 0.6 is 56.7 Å². The Hall–Kier alpha value is -10.6. The minimum Gasteiger partial charge on any atom is -0.353 e. The molecular weight excluding hydrogens is 1660 g/mol. The molecule has 4 unspecified atom stereocenters. The Morgan fingerprint density at radius 3 is 1.01 bits per heavy atom. The number of carbonyl (C=O) groups excluding carboxylic acids is 4. The second kappa shape index (κ2) is 43.5. The Bertz CT molecular complexity index is 5990. The highest BCUT2D eigenvalue weighted by molar-refractivity contribution is 7.14. The molecule has 0 aliphatic carbocycles. The number of amides is 4. The third kappa shape index (κ3) is 20.6. The minimum absolute atomic E-state index is 0.104. The number of aromatic nitrogens is 4. The quantitative estimate of drug-likeness (QED) is 0.0292. The van der Waals surface area contributed by atoms with E-state index in [0.717, 1.165) is 202 Å². The molecule has 0 saturated carbocycles. The average Bonchev–Trinajstić information content (AvgIpc) is 1.56. The van der Waals surface area contributed by atoms with Gasteiger partial charge >= 0.3 is 0 Å². The Morgan fingerprint density at radius 1 is 0.331 bits per heavy atom. The fourth-order valence-electron chi connectivity index (χ4n) is 18.2. The third-order valence-corrected chi connectivity index (χ3v) is 30.4. The maximum Gasteiger partial charge on any atom is 0.261 e. The zero-order chi connectivity index (χ0) is 88.5. The summed E-state index contributed by atoms with van der Waals surface area (Å²) in [6, 6.07) is 35.5. The highest BCUT2D eigenvalue weighted by atomic mass is 32.1. The lowest BCUT2D eigenvalue weighted by Gasteiger charge is -2.29. The summed E-state index contributed by atoms with van der Waals surface area (Å²) in [4.78, 5) is 95.1. The largest absolute Gasteiger partial charge is 0.353 e. The van der Waals surface area contributed by atoms with Gasteiger partial charge in [-0.25, -0.2) is 9.97 Å². The molecule has 2 N–H and O–H groups in total. The number of hydrogen-bond acceptors (Lipinski definition) is 11. The van der Waals surface area contributed by atoms with Crippen LogP contribution in [-0.2, 0) is 32.0 Å². The molecular formula is C110H120N8O4S5. The van der Waals surface area contributed by atoms with Gasteiger partial charge in [-0.05, 0) is 205 Å². The van der Waals surface area contributed by atoms with Crippen molar-refractivity contribution in [2.75, 3.05) is 26.2 Å². The first-order chi connectivity index (χ1) is 62.2. The Balaban J connectivity index is 0.900. The molecule has 0 saturated heterocycles. The molecule has 6 aliphatic heterocycles. The van der Waals surface area contributed by atoms with Gasteiger partial charge in [0, 0.05) is 31.7 Å². The molecule has 0 radical (unpaired) electrons. The van der Waals surface area contributed by atoms with E-state index in [1.807, 2.05) is 78.9 Å². The SMILES string of the molecule is CCCCCCc1ccc(C#Cc2c3nc(c(C#Cc4ccc(C5=C6C(=O)N(CC(CC)CCCC)C(c7cccs7)=C6C(=O)N5CC(CC)CCCC)s4)c4ccc([nH]4)c(C#Cc4cc(CCCCCC)cs4)c4nc(c(C#Cc5ccc(C6=C7C(=O)N(CC(CC)CCCC)C(c8cccs8)=C7C(=O)N6CC(CC)CCCC)s5)c5ccc2[nH]5)C=C4)C=C3)cc1. The van der Waals surface area contributed by atoms with E-state index in [-0.39, 0.29) is 47.3 Å². The second-order valence-electron chi connectivity index (χ2n) is 34.6. The summed E-state index contributed by atoms with van der Waals surface area (Å²) in [5, 5.41) is 6.32.